The first kappa shape index (κ1) is 36.4. The van der Waals surface area contributed by atoms with Crippen LogP contribution in [0.3, 0.4) is 0 Å². The molecule has 0 aliphatic carbocycles. The van der Waals surface area contributed by atoms with E-state index in [0.29, 0.717) is 35.7 Å². The number of ether oxygens (including phenoxy) is 2. The summed E-state index contributed by atoms with van der Waals surface area (Å²) in [5, 5.41) is 13.6. The third-order valence-electron chi connectivity index (χ3n) is 8.73. The normalized spacial score (nSPS) is 15.5. The van der Waals surface area contributed by atoms with E-state index < -0.39 is 23.5 Å². The second kappa shape index (κ2) is 18.8. The highest BCUT2D eigenvalue weighted by molar-refractivity contribution is 5.99. The lowest BCUT2D eigenvalue weighted by Crippen LogP contribution is -2.35. The molecule has 1 aliphatic heterocycles. The molecule has 1 aliphatic rings. The molecular formula is C37H59NO5. The molecular weight excluding hydrogens is 538 g/mol. The number of hydrogen-bond acceptors (Lipinski definition) is 5. The van der Waals surface area contributed by atoms with Crippen LogP contribution in [0.2, 0.25) is 0 Å². The van der Waals surface area contributed by atoms with Gasteiger partial charge in [-0.1, -0.05) is 103 Å². The fraction of sp³-hybridized carbons (Fsp3) is 0.676. The van der Waals surface area contributed by atoms with Gasteiger partial charge in [-0.3, -0.25) is 0 Å². The van der Waals surface area contributed by atoms with Gasteiger partial charge < -0.3 is 19.9 Å². The number of esters is 1. The van der Waals surface area contributed by atoms with Crippen molar-refractivity contribution in [3.8, 4) is 5.75 Å². The maximum atomic E-state index is 13.7. The SMILES string of the molecule is CCCCCCCCCCCCCCCc1cccc(OCC)c1C1C(C(=O)O)=C(C)NC(C)=C1C(=O)OC(C)(C)CC. The van der Waals surface area contributed by atoms with Crippen LogP contribution in [0.15, 0.2) is 40.7 Å². The topological polar surface area (TPSA) is 84.9 Å². The Bertz CT molecular complexity index is 1100. The molecule has 0 saturated heterocycles. The Morgan fingerprint density at radius 3 is 1.86 bits per heavy atom. The van der Waals surface area contributed by atoms with Crippen LogP contribution in [0.4, 0.5) is 0 Å². The van der Waals surface area contributed by atoms with Gasteiger partial charge in [-0.25, -0.2) is 9.59 Å². The highest BCUT2D eigenvalue weighted by Gasteiger charge is 2.41. The van der Waals surface area contributed by atoms with Gasteiger partial charge in [-0.2, -0.15) is 0 Å². The van der Waals surface area contributed by atoms with E-state index in [9.17, 15) is 14.7 Å². The summed E-state index contributed by atoms with van der Waals surface area (Å²) in [6.45, 7) is 13.9. The van der Waals surface area contributed by atoms with Crippen LogP contribution in [0.25, 0.3) is 0 Å². The predicted molar refractivity (Wildman–Crippen MR) is 176 cm³/mol. The molecule has 0 saturated carbocycles. The fourth-order valence-corrected chi connectivity index (χ4v) is 5.96. The molecule has 0 fully saturated rings. The molecule has 1 aromatic carbocycles. The standard InChI is InChI=1S/C37H59NO5/c1-8-11-12-13-14-15-16-17-18-19-20-21-22-24-29-25-23-26-30(42-10-3)33(29)34-31(35(39)40)27(4)38-28(5)32(34)36(41)43-37(6,7)9-2/h23,25-26,34,38H,8-22,24H2,1-7H3,(H,39,40). The van der Waals surface area contributed by atoms with Crippen molar-refractivity contribution < 1.29 is 24.2 Å². The van der Waals surface area contributed by atoms with E-state index in [-0.39, 0.29) is 5.57 Å². The number of allylic oxidation sites excluding steroid dienone is 2. The first-order chi connectivity index (χ1) is 20.6. The van der Waals surface area contributed by atoms with Crippen LogP contribution >= 0.6 is 0 Å². The minimum absolute atomic E-state index is 0.158. The average molecular weight is 598 g/mol. The van der Waals surface area contributed by atoms with Crippen molar-refractivity contribution >= 4 is 11.9 Å². The zero-order valence-electron chi connectivity index (χ0n) is 28.2. The van der Waals surface area contributed by atoms with Crippen LogP contribution in [0.5, 0.6) is 5.75 Å². The second-order valence-electron chi connectivity index (χ2n) is 12.7. The maximum Gasteiger partial charge on any atom is 0.337 e. The number of carbonyl (C=O) groups is 2. The number of carbonyl (C=O) groups excluding carboxylic acids is 1. The highest BCUT2D eigenvalue weighted by Crippen LogP contribution is 2.45. The van der Waals surface area contributed by atoms with Crippen molar-refractivity contribution in [2.24, 2.45) is 0 Å². The summed E-state index contributed by atoms with van der Waals surface area (Å²) in [6, 6.07) is 5.92. The van der Waals surface area contributed by atoms with Gasteiger partial charge in [0.05, 0.1) is 23.7 Å². The lowest BCUT2D eigenvalue weighted by molar-refractivity contribution is -0.152. The van der Waals surface area contributed by atoms with E-state index in [1.165, 1.54) is 70.6 Å². The lowest BCUT2D eigenvalue weighted by atomic mass is 9.77. The van der Waals surface area contributed by atoms with Crippen LogP contribution in [0, 0.1) is 0 Å². The Morgan fingerprint density at radius 2 is 1.35 bits per heavy atom. The smallest absolute Gasteiger partial charge is 0.337 e. The van der Waals surface area contributed by atoms with Gasteiger partial charge in [0.25, 0.3) is 0 Å². The Kier molecular flexibility index (Phi) is 15.9. The van der Waals surface area contributed by atoms with E-state index in [4.69, 9.17) is 9.47 Å². The number of nitrogens with one attached hydrogen (secondary N) is 1. The number of unbranched alkanes of at least 4 members (excludes halogenated alkanes) is 12. The summed E-state index contributed by atoms with van der Waals surface area (Å²) < 4.78 is 12.0. The summed E-state index contributed by atoms with van der Waals surface area (Å²) in [5.41, 5.74) is 2.75. The van der Waals surface area contributed by atoms with Crippen molar-refractivity contribution in [1.29, 1.82) is 0 Å². The van der Waals surface area contributed by atoms with E-state index in [2.05, 4.69) is 18.3 Å². The predicted octanol–water partition coefficient (Wildman–Crippen LogP) is 9.77. The maximum absolute atomic E-state index is 13.7. The third kappa shape index (κ3) is 11.4. The zero-order chi connectivity index (χ0) is 31.8. The number of aliphatic carboxylic acids is 1. The second-order valence-corrected chi connectivity index (χ2v) is 12.7. The molecule has 2 N–H and O–H groups in total. The van der Waals surface area contributed by atoms with Gasteiger partial charge in [0.15, 0.2) is 0 Å². The highest BCUT2D eigenvalue weighted by atomic mass is 16.6. The molecule has 0 aromatic heterocycles. The molecule has 0 bridgehead atoms. The lowest BCUT2D eigenvalue weighted by Gasteiger charge is -2.33. The van der Waals surface area contributed by atoms with Gasteiger partial charge in [0.2, 0.25) is 0 Å². The molecule has 6 nitrogen and oxygen atoms in total. The minimum atomic E-state index is -1.05. The summed E-state index contributed by atoms with van der Waals surface area (Å²) in [6.07, 6.45) is 18.2. The molecule has 1 aromatic rings. The summed E-state index contributed by atoms with van der Waals surface area (Å²) >= 11 is 0. The van der Waals surface area contributed by atoms with Crippen LogP contribution in [0.1, 0.15) is 155 Å². The average Bonchev–Trinajstić information content (AvgIpc) is 2.95. The number of rotatable bonds is 21. The van der Waals surface area contributed by atoms with Crippen molar-refractivity contribution in [3.63, 3.8) is 0 Å². The molecule has 2 rings (SSSR count). The van der Waals surface area contributed by atoms with Gasteiger partial charge >= 0.3 is 11.9 Å². The van der Waals surface area contributed by atoms with Crippen molar-refractivity contribution in [2.45, 2.75) is 156 Å². The van der Waals surface area contributed by atoms with Crippen molar-refractivity contribution in [2.75, 3.05) is 6.61 Å². The quantitative estimate of drug-likeness (QED) is 0.108. The molecule has 6 heteroatoms. The largest absolute Gasteiger partial charge is 0.494 e. The summed E-state index contributed by atoms with van der Waals surface area (Å²) in [5.74, 6) is -1.72. The number of benzene rings is 1. The number of aryl methyl sites for hydroxylation is 1. The van der Waals surface area contributed by atoms with Crippen LogP contribution in [-0.4, -0.2) is 29.3 Å². The van der Waals surface area contributed by atoms with Crippen LogP contribution in [-0.2, 0) is 20.7 Å². The number of dihydropyridines is 1. The monoisotopic (exact) mass is 597 g/mol. The summed E-state index contributed by atoms with van der Waals surface area (Å²) in [7, 11) is 0. The molecule has 242 valence electrons. The summed E-state index contributed by atoms with van der Waals surface area (Å²) in [4.78, 5) is 26.4. The molecule has 43 heavy (non-hydrogen) atoms. The Balaban J connectivity index is 2.19. The third-order valence-corrected chi connectivity index (χ3v) is 8.73. The van der Waals surface area contributed by atoms with E-state index in [0.717, 1.165) is 30.4 Å². The number of carboxylic acid groups (broad SMARTS) is 1. The molecule has 0 spiro atoms. The van der Waals surface area contributed by atoms with Gasteiger partial charge in [-0.05, 0) is 65.5 Å². The van der Waals surface area contributed by atoms with Gasteiger partial charge in [0.1, 0.15) is 11.4 Å². The van der Waals surface area contributed by atoms with E-state index in [1.807, 2.05) is 46.8 Å². The van der Waals surface area contributed by atoms with Crippen LogP contribution < -0.4 is 10.1 Å². The number of hydrogen-bond donors (Lipinski definition) is 2. The van der Waals surface area contributed by atoms with E-state index in [1.54, 1.807) is 6.92 Å². The van der Waals surface area contributed by atoms with Gasteiger partial charge in [-0.15, -0.1) is 0 Å². The molecule has 1 unspecified atom stereocenters. The first-order valence-corrected chi connectivity index (χ1v) is 17.0. The fourth-order valence-electron chi connectivity index (χ4n) is 5.96. The Labute approximate surface area is 261 Å². The Morgan fingerprint density at radius 1 is 0.814 bits per heavy atom. The van der Waals surface area contributed by atoms with E-state index >= 15 is 0 Å². The zero-order valence-corrected chi connectivity index (χ0v) is 28.2. The minimum Gasteiger partial charge on any atom is -0.494 e. The van der Waals surface area contributed by atoms with Crippen molar-refractivity contribution in [1.82, 2.24) is 5.32 Å². The first-order valence-electron chi connectivity index (χ1n) is 17.0. The van der Waals surface area contributed by atoms with Crippen molar-refractivity contribution in [3.05, 3.63) is 51.9 Å². The Hall–Kier alpha value is -2.76. The molecule has 0 radical (unpaired) electrons. The van der Waals surface area contributed by atoms with Gasteiger partial charge in [0, 0.05) is 17.0 Å². The molecule has 0 amide bonds. The molecule has 1 heterocycles. The number of carboxylic acids is 1. The molecule has 1 atom stereocenters.